The molecule has 0 radical (unpaired) electrons. The number of nitrogens with zero attached hydrogens (tertiary/aromatic N) is 1. The fourth-order valence-electron chi connectivity index (χ4n) is 2.52. The number of carbonyl (C=O) groups excluding carboxylic acids is 1. The fraction of sp³-hybridized carbons (Fsp3) is 0.588. The molecule has 1 aliphatic heterocycles. The smallest absolute Gasteiger partial charge is 0.225 e. The Kier molecular flexibility index (Phi) is 6.54. The van der Waals surface area contributed by atoms with Crippen LogP contribution >= 0.6 is 0 Å². The minimum Gasteiger partial charge on any atom is -0.493 e. The highest BCUT2D eigenvalue weighted by atomic mass is 16.5. The summed E-state index contributed by atoms with van der Waals surface area (Å²) < 4.78 is 11.1. The monoisotopic (exact) mass is 291 g/mol. The van der Waals surface area contributed by atoms with E-state index in [-0.39, 0.29) is 5.91 Å². The first-order valence-corrected chi connectivity index (χ1v) is 7.79. The van der Waals surface area contributed by atoms with Crippen molar-refractivity contribution in [3.8, 4) is 5.75 Å². The van der Waals surface area contributed by atoms with Gasteiger partial charge in [0.25, 0.3) is 0 Å². The molecular formula is C17H25NO3. The summed E-state index contributed by atoms with van der Waals surface area (Å²) in [5.41, 5.74) is 0. The Morgan fingerprint density at radius 3 is 2.90 bits per heavy atom. The van der Waals surface area contributed by atoms with Crippen LogP contribution < -0.4 is 4.74 Å². The van der Waals surface area contributed by atoms with Crippen molar-refractivity contribution in [1.82, 2.24) is 4.90 Å². The van der Waals surface area contributed by atoms with E-state index in [1.54, 1.807) is 4.90 Å². The summed E-state index contributed by atoms with van der Waals surface area (Å²) in [4.78, 5) is 13.8. The maximum Gasteiger partial charge on any atom is 0.225 e. The normalized spacial score (nSPS) is 17.7. The van der Waals surface area contributed by atoms with Crippen LogP contribution in [0.1, 0.15) is 32.1 Å². The largest absolute Gasteiger partial charge is 0.493 e. The molecule has 0 spiro atoms. The lowest BCUT2D eigenvalue weighted by Crippen LogP contribution is -2.29. The van der Waals surface area contributed by atoms with Gasteiger partial charge in [-0.3, -0.25) is 4.79 Å². The van der Waals surface area contributed by atoms with Crippen LogP contribution in [0.2, 0.25) is 0 Å². The van der Waals surface area contributed by atoms with Gasteiger partial charge in [0.05, 0.1) is 19.1 Å². The van der Waals surface area contributed by atoms with E-state index in [0.717, 1.165) is 31.7 Å². The first-order chi connectivity index (χ1) is 10.3. The van der Waals surface area contributed by atoms with Crippen LogP contribution in [0, 0.1) is 0 Å². The Morgan fingerprint density at radius 2 is 2.19 bits per heavy atom. The second-order valence-electron chi connectivity index (χ2n) is 5.50. The highest BCUT2D eigenvalue weighted by molar-refractivity contribution is 5.75. The van der Waals surface area contributed by atoms with Crippen molar-refractivity contribution in [1.29, 1.82) is 0 Å². The average molecular weight is 291 g/mol. The minimum atomic E-state index is 0.137. The van der Waals surface area contributed by atoms with Gasteiger partial charge in [-0.05, 0) is 37.8 Å². The number of amides is 1. The van der Waals surface area contributed by atoms with Crippen LogP contribution in [0.15, 0.2) is 30.3 Å². The SMILES string of the molecule is CN(CCCC1CCCO1)C(=O)CCOc1ccccc1. The number of ether oxygens (including phenoxy) is 2. The summed E-state index contributed by atoms with van der Waals surface area (Å²) in [6, 6.07) is 9.59. The molecule has 1 aromatic rings. The molecule has 1 unspecified atom stereocenters. The number of hydrogen-bond acceptors (Lipinski definition) is 3. The molecule has 1 saturated heterocycles. The topological polar surface area (TPSA) is 38.8 Å². The van der Waals surface area contributed by atoms with E-state index in [1.165, 1.54) is 12.8 Å². The van der Waals surface area contributed by atoms with Crippen molar-refractivity contribution in [2.24, 2.45) is 0 Å². The highest BCUT2D eigenvalue weighted by Crippen LogP contribution is 2.16. The van der Waals surface area contributed by atoms with Crippen LogP contribution in [-0.2, 0) is 9.53 Å². The molecule has 2 rings (SSSR count). The molecule has 0 bridgehead atoms. The van der Waals surface area contributed by atoms with Gasteiger partial charge < -0.3 is 14.4 Å². The molecule has 1 aromatic carbocycles. The molecule has 1 aliphatic rings. The molecule has 21 heavy (non-hydrogen) atoms. The Hall–Kier alpha value is -1.55. The maximum absolute atomic E-state index is 12.0. The highest BCUT2D eigenvalue weighted by Gasteiger charge is 2.16. The summed E-state index contributed by atoms with van der Waals surface area (Å²) in [5, 5.41) is 0. The van der Waals surface area contributed by atoms with Crippen LogP contribution in [0.5, 0.6) is 5.75 Å². The zero-order valence-electron chi connectivity index (χ0n) is 12.8. The van der Waals surface area contributed by atoms with E-state index >= 15 is 0 Å². The van der Waals surface area contributed by atoms with Gasteiger partial charge in [-0.25, -0.2) is 0 Å². The molecule has 0 aromatic heterocycles. The Labute approximate surface area is 127 Å². The van der Waals surface area contributed by atoms with E-state index in [0.29, 0.717) is 19.1 Å². The van der Waals surface area contributed by atoms with Crippen molar-refractivity contribution in [3.05, 3.63) is 30.3 Å². The summed E-state index contributed by atoms with van der Waals surface area (Å²) in [5.74, 6) is 0.949. The predicted octanol–water partition coefficient (Wildman–Crippen LogP) is 2.87. The standard InChI is InChI=1S/C17H25NO3/c1-18(12-5-9-16-10-6-13-20-16)17(19)11-14-21-15-7-3-2-4-8-15/h2-4,7-8,16H,5-6,9-14H2,1H3. The lowest BCUT2D eigenvalue weighted by atomic mass is 10.1. The molecule has 4 heteroatoms. The van der Waals surface area contributed by atoms with Gasteiger partial charge in [0.15, 0.2) is 0 Å². The first-order valence-electron chi connectivity index (χ1n) is 7.79. The zero-order chi connectivity index (χ0) is 14.9. The van der Waals surface area contributed by atoms with Gasteiger partial charge in [0.2, 0.25) is 5.91 Å². The Balaban J connectivity index is 1.56. The van der Waals surface area contributed by atoms with E-state index in [4.69, 9.17) is 9.47 Å². The lowest BCUT2D eigenvalue weighted by Gasteiger charge is -2.18. The molecule has 4 nitrogen and oxygen atoms in total. The number of carbonyl (C=O) groups is 1. The number of benzene rings is 1. The molecule has 1 atom stereocenters. The number of para-hydroxylation sites is 1. The third-order valence-electron chi connectivity index (χ3n) is 3.80. The van der Waals surface area contributed by atoms with Crippen LogP contribution in [-0.4, -0.2) is 43.7 Å². The van der Waals surface area contributed by atoms with E-state index in [2.05, 4.69) is 0 Å². The zero-order valence-corrected chi connectivity index (χ0v) is 12.8. The third-order valence-corrected chi connectivity index (χ3v) is 3.80. The van der Waals surface area contributed by atoms with Crippen molar-refractivity contribution in [2.45, 2.75) is 38.2 Å². The van der Waals surface area contributed by atoms with Crippen LogP contribution in [0.25, 0.3) is 0 Å². The lowest BCUT2D eigenvalue weighted by molar-refractivity contribution is -0.130. The maximum atomic E-state index is 12.0. The third kappa shape index (κ3) is 5.76. The van der Waals surface area contributed by atoms with E-state index < -0.39 is 0 Å². The van der Waals surface area contributed by atoms with Crippen molar-refractivity contribution in [3.63, 3.8) is 0 Å². The molecule has 0 aliphatic carbocycles. The summed E-state index contributed by atoms with van der Waals surface area (Å²) in [6.45, 7) is 2.12. The van der Waals surface area contributed by atoms with E-state index in [1.807, 2.05) is 37.4 Å². The molecule has 1 amide bonds. The Bertz CT molecular complexity index is 415. The quantitative estimate of drug-likeness (QED) is 0.739. The van der Waals surface area contributed by atoms with Gasteiger partial charge >= 0.3 is 0 Å². The van der Waals surface area contributed by atoms with Crippen LogP contribution in [0.3, 0.4) is 0 Å². The van der Waals surface area contributed by atoms with Gasteiger partial charge in [0.1, 0.15) is 5.75 Å². The summed E-state index contributed by atoms with van der Waals surface area (Å²) >= 11 is 0. The molecule has 116 valence electrons. The molecule has 0 N–H and O–H groups in total. The summed E-state index contributed by atoms with van der Waals surface area (Å²) in [7, 11) is 1.86. The number of rotatable bonds is 8. The van der Waals surface area contributed by atoms with Crippen molar-refractivity contribution in [2.75, 3.05) is 26.8 Å². The second kappa shape index (κ2) is 8.67. The van der Waals surface area contributed by atoms with E-state index in [9.17, 15) is 4.79 Å². The Morgan fingerprint density at radius 1 is 1.38 bits per heavy atom. The van der Waals surface area contributed by atoms with Crippen molar-refractivity contribution >= 4 is 5.91 Å². The minimum absolute atomic E-state index is 0.137. The predicted molar refractivity (Wildman–Crippen MR) is 82.4 cm³/mol. The number of hydrogen-bond donors (Lipinski definition) is 0. The average Bonchev–Trinajstić information content (AvgIpc) is 3.01. The molecular weight excluding hydrogens is 266 g/mol. The van der Waals surface area contributed by atoms with Crippen LogP contribution in [0.4, 0.5) is 0 Å². The van der Waals surface area contributed by atoms with Gasteiger partial charge in [-0.2, -0.15) is 0 Å². The first kappa shape index (κ1) is 15.8. The second-order valence-corrected chi connectivity index (χ2v) is 5.50. The molecule has 1 fully saturated rings. The summed E-state index contributed by atoms with van der Waals surface area (Å²) in [6.07, 6.45) is 5.24. The fourth-order valence-corrected chi connectivity index (χ4v) is 2.52. The van der Waals surface area contributed by atoms with Gasteiger partial charge in [-0.15, -0.1) is 0 Å². The van der Waals surface area contributed by atoms with Gasteiger partial charge in [0, 0.05) is 20.2 Å². The van der Waals surface area contributed by atoms with Gasteiger partial charge in [-0.1, -0.05) is 18.2 Å². The molecule has 0 saturated carbocycles. The molecule has 1 heterocycles. The van der Waals surface area contributed by atoms with Crippen molar-refractivity contribution < 1.29 is 14.3 Å².